The van der Waals surface area contributed by atoms with E-state index in [0.29, 0.717) is 18.3 Å². The van der Waals surface area contributed by atoms with Crippen LogP contribution in [0.15, 0.2) is 5.38 Å². The van der Waals surface area contributed by atoms with Crippen molar-refractivity contribution in [3.63, 3.8) is 0 Å². The summed E-state index contributed by atoms with van der Waals surface area (Å²) >= 11 is 1.17. The molecule has 0 atom stereocenters. The molecule has 1 aromatic rings. The Bertz CT molecular complexity index is 273. The van der Waals surface area contributed by atoms with Crippen LogP contribution >= 0.6 is 11.5 Å². The maximum atomic E-state index is 11.3. The zero-order valence-corrected chi connectivity index (χ0v) is 9.10. The third-order valence-electron chi connectivity index (χ3n) is 1.56. The van der Waals surface area contributed by atoms with Gasteiger partial charge in [0.15, 0.2) is 5.69 Å². The first kappa shape index (κ1) is 11.1. The molecule has 0 spiro atoms. The topological polar surface area (TPSA) is 66.9 Å². The number of nitrogens with zero attached hydrogens (tertiary/aromatic N) is 2. The zero-order chi connectivity index (χ0) is 10.4. The summed E-state index contributed by atoms with van der Waals surface area (Å²) in [5, 5.41) is 11.2. The summed E-state index contributed by atoms with van der Waals surface area (Å²) < 4.78 is 3.61. The standard InChI is InChI=1S/C8H14N4OS/c1-6(2)9-3-4-10-8(13)7-5-14-12-11-7/h5-6,9H,3-4H2,1-2H3,(H,10,13). The minimum absolute atomic E-state index is 0.163. The molecule has 0 bridgehead atoms. The van der Waals surface area contributed by atoms with Gasteiger partial charge in [-0.25, -0.2) is 0 Å². The number of hydrogen-bond donors (Lipinski definition) is 2. The number of amides is 1. The molecule has 1 rings (SSSR count). The number of carbonyl (C=O) groups is 1. The van der Waals surface area contributed by atoms with Gasteiger partial charge < -0.3 is 10.6 Å². The van der Waals surface area contributed by atoms with Gasteiger partial charge in [0, 0.05) is 24.5 Å². The molecule has 0 unspecified atom stereocenters. The minimum atomic E-state index is -0.163. The van der Waals surface area contributed by atoms with Gasteiger partial charge in [0.05, 0.1) is 0 Å². The van der Waals surface area contributed by atoms with Gasteiger partial charge in [0.25, 0.3) is 5.91 Å². The van der Waals surface area contributed by atoms with Crippen molar-refractivity contribution in [3.05, 3.63) is 11.1 Å². The summed E-state index contributed by atoms with van der Waals surface area (Å²) in [6, 6.07) is 0.438. The fourth-order valence-electron chi connectivity index (χ4n) is 0.891. The number of nitrogens with one attached hydrogen (secondary N) is 2. The van der Waals surface area contributed by atoms with Crippen molar-refractivity contribution in [2.75, 3.05) is 13.1 Å². The summed E-state index contributed by atoms with van der Waals surface area (Å²) in [5.41, 5.74) is 0.388. The lowest BCUT2D eigenvalue weighted by atomic mass is 10.4. The van der Waals surface area contributed by atoms with Crippen molar-refractivity contribution >= 4 is 17.4 Å². The Morgan fingerprint density at radius 1 is 1.57 bits per heavy atom. The molecular formula is C8H14N4OS. The van der Waals surface area contributed by atoms with Gasteiger partial charge in [-0.05, 0) is 11.5 Å². The number of carbonyl (C=O) groups excluding carboxylic acids is 1. The molecule has 1 amide bonds. The highest BCUT2D eigenvalue weighted by molar-refractivity contribution is 7.03. The lowest BCUT2D eigenvalue weighted by Gasteiger charge is -2.07. The van der Waals surface area contributed by atoms with E-state index in [2.05, 4.69) is 34.1 Å². The predicted octanol–water partition coefficient (Wildman–Crippen LogP) is 0.266. The van der Waals surface area contributed by atoms with Crippen LogP contribution in [0.2, 0.25) is 0 Å². The van der Waals surface area contributed by atoms with Gasteiger partial charge >= 0.3 is 0 Å². The van der Waals surface area contributed by atoms with Crippen LogP contribution in [0.3, 0.4) is 0 Å². The monoisotopic (exact) mass is 214 g/mol. The summed E-state index contributed by atoms with van der Waals surface area (Å²) in [6.45, 7) is 5.49. The molecule has 14 heavy (non-hydrogen) atoms. The van der Waals surface area contributed by atoms with E-state index < -0.39 is 0 Å². The van der Waals surface area contributed by atoms with E-state index in [0.717, 1.165) is 6.54 Å². The Hall–Kier alpha value is -1.01. The molecule has 1 aromatic heterocycles. The molecule has 0 saturated carbocycles. The number of aromatic nitrogens is 2. The van der Waals surface area contributed by atoms with Crippen LogP contribution in [0, 0.1) is 0 Å². The van der Waals surface area contributed by atoms with E-state index in [1.165, 1.54) is 11.5 Å². The van der Waals surface area contributed by atoms with Gasteiger partial charge in [-0.3, -0.25) is 4.79 Å². The minimum Gasteiger partial charge on any atom is -0.349 e. The summed E-state index contributed by atoms with van der Waals surface area (Å²) in [5.74, 6) is -0.163. The first-order chi connectivity index (χ1) is 6.70. The summed E-state index contributed by atoms with van der Waals surface area (Å²) in [4.78, 5) is 11.3. The van der Waals surface area contributed by atoms with Crippen LogP contribution in [0.5, 0.6) is 0 Å². The molecule has 2 N–H and O–H groups in total. The lowest BCUT2D eigenvalue weighted by molar-refractivity contribution is 0.0948. The highest BCUT2D eigenvalue weighted by Gasteiger charge is 2.06. The Morgan fingerprint density at radius 2 is 2.36 bits per heavy atom. The van der Waals surface area contributed by atoms with Gasteiger partial charge in [0.1, 0.15) is 0 Å². The van der Waals surface area contributed by atoms with Crippen molar-refractivity contribution in [2.45, 2.75) is 19.9 Å². The molecule has 0 aliphatic heterocycles. The van der Waals surface area contributed by atoms with Crippen molar-refractivity contribution < 1.29 is 4.79 Å². The fourth-order valence-corrected chi connectivity index (χ4v) is 1.33. The Balaban J connectivity index is 2.16. The molecule has 0 aliphatic rings. The van der Waals surface area contributed by atoms with Crippen molar-refractivity contribution in [1.82, 2.24) is 20.2 Å². The Morgan fingerprint density at radius 3 is 2.93 bits per heavy atom. The SMILES string of the molecule is CC(C)NCCNC(=O)c1csnn1. The van der Waals surface area contributed by atoms with E-state index in [1.54, 1.807) is 5.38 Å². The molecule has 1 heterocycles. The fraction of sp³-hybridized carbons (Fsp3) is 0.625. The second kappa shape index (κ2) is 5.66. The second-order valence-corrected chi connectivity index (χ2v) is 3.76. The molecule has 0 fully saturated rings. The molecule has 5 nitrogen and oxygen atoms in total. The largest absolute Gasteiger partial charge is 0.349 e. The van der Waals surface area contributed by atoms with Gasteiger partial charge in [-0.2, -0.15) is 0 Å². The van der Waals surface area contributed by atoms with Gasteiger partial charge in [-0.15, -0.1) is 5.10 Å². The van der Waals surface area contributed by atoms with E-state index >= 15 is 0 Å². The van der Waals surface area contributed by atoms with Gasteiger partial charge in [0.2, 0.25) is 0 Å². The molecule has 0 radical (unpaired) electrons. The van der Waals surface area contributed by atoms with Crippen molar-refractivity contribution in [1.29, 1.82) is 0 Å². The molecule has 0 aromatic carbocycles. The maximum Gasteiger partial charge on any atom is 0.272 e. The molecule has 6 heteroatoms. The normalized spacial score (nSPS) is 10.5. The van der Waals surface area contributed by atoms with Crippen LogP contribution in [-0.2, 0) is 0 Å². The molecular weight excluding hydrogens is 200 g/mol. The summed E-state index contributed by atoms with van der Waals surface area (Å²) in [6.07, 6.45) is 0. The van der Waals surface area contributed by atoms with E-state index in [-0.39, 0.29) is 5.91 Å². The van der Waals surface area contributed by atoms with Crippen LogP contribution in [0.1, 0.15) is 24.3 Å². The first-order valence-corrected chi connectivity index (χ1v) is 5.32. The number of hydrogen-bond acceptors (Lipinski definition) is 5. The second-order valence-electron chi connectivity index (χ2n) is 3.15. The first-order valence-electron chi connectivity index (χ1n) is 4.49. The van der Waals surface area contributed by atoms with Crippen LogP contribution < -0.4 is 10.6 Å². The average Bonchev–Trinajstić information content (AvgIpc) is 2.64. The average molecular weight is 214 g/mol. The number of rotatable bonds is 5. The molecule has 0 aliphatic carbocycles. The Kier molecular flexibility index (Phi) is 4.48. The smallest absolute Gasteiger partial charge is 0.272 e. The highest BCUT2D eigenvalue weighted by atomic mass is 32.1. The molecule has 78 valence electrons. The molecule has 0 saturated heterocycles. The van der Waals surface area contributed by atoms with Crippen molar-refractivity contribution in [2.24, 2.45) is 0 Å². The quantitative estimate of drug-likeness (QED) is 0.690. The third-order valence-corrected chi connectivity index (χ3v) is 2.06. The lowest BCUT2D eigenvalue weighted by Crippen LogP contribution is -2.34. The van der Waals surface area contributed by atoms with E-state index in [1.807, 2.05) is 0 Å². The van der Waals surface area contributed by atoms with E-state index in [4.69, 9.17) is 0 Å². The highest BCUT2D eigenvalue weighted by Crippen LogP contribution is 1.95. The summed E-state index contributed by atoms with van der Waals surface area (Å²) in [7, 11) is 0. The van der Waals surface area contributed by atoms with E-state index in [9.17, 15) is 4.79 Å². The van der Waals surface area contributed by atoms with Crippen LogP contribution in [-0.4, -0.2) is 34.6 Å². The Labute approximate surface area is 87.1 Å². The maximum absolute atomic E-state index is 11.3. The third kappa shape index (κ3) is 3.80. The van der Waals surface area contributed by atoms with Crippen LogP contribution in [0.25, 0.3) is 0 Å². The van der Waals surface area contributed by atoms with Crippen molar-refractivity contribution in [3.8, 4) is 0 Å². The van der Waals surface area contributed by atoms with Gasteiger partial charge in [-0.1, -0.05) is 18.3 Å². The van der Waals surface area contributed by atoms with Crippen LogP contribution in [0.4, 0.5) is 0 Å². The zero-order valence-electron chi connectivity index (χ0n) is 8.28. The predicted molar refractivity (Wildman–Crippen MR) is 55.4 cm³/mol.